The van der Waals surface area contributed by atoms with Gasteiger partial charge in [0.15, 0.2) is 0 Å². The Kier molecular flexibility index (Phi) is 8.29. The Labute approximate surface area is 166 Å². The van der Waals surface area contributed by atoms with Crippen LogP contribution in [0.2, 0.25) is 0 Å². The molecule has 1 unspecified atom stereocenters. The fraction of sp³-hybridized carbons (Fsp3) is 0.571. The van der Waals surface area contributed by atoms with E-state index in [1.165, 1.54) is 4.90 Å². The van der Waals surface area contributed by atoms with Crippen molar-refractivity contribution in [3.05, 3.63) is 29.3 Å². The Balaban J connectivity index is 2.01. The van der Waals surface area contributed by atoms with Crippen molar-refractivity contribution in [2.75, 3.05) is 31.6 Å². The van der Waals surface area contributed by atoms with Crippen LogP contribution in [0.5, 0.6) is 0 Å². The van der Waals surface area contributed by atoms with Crippen LogP contribution in [0.15, 0.2) is 18.2 Å². The molecular formula is C21H31N3O4. The maximum absolute atomic E-state index is 12.8. The van der Waals surface area contributed by atoms with Gasteiger partial charge in [0.25, 0.3) is 0 Å². The van der Waals surface area contributed by atoms with Crippen LogP contribution >= 0.6 is 0 Å². The highest BCUT2D eigenvalue weighted by Crippen LogP contribution is 2.21. The number of hydrogen-bond acceptors (Lipinski definition) is 5. The smallest absolute Gasteiger partial charge is 0.308 e. The number of ether oxygens (including phenoxy) is 1. The number of amides is 2. The lowest BCUT2D eigenvalue weighted by Crippen LogP contribution is -2.58. The van der Waals surface area contributed by atoms with Crippen LogP contribution in [0, 0.1) is 6.92 Å². The van der Waals surface area contributed by atoms with E-state index in [1.807, 2.05) is 32.0 Å². The minimum absolute atomic E-state index is 0.0759. The summed E-state index contributed by atoms with van der Waals surface area (Å²) in [5, 5.41) is 5.95. The summed E-state index contributed by atoms with van der Waals surface area (Å²) < 4.78 is 5.16. The molecule has 0 aromatic heterocycles. The predicted octanol–water partition coefficient (Wildman–Crippen LogP) is 2.03. The topological polar surface area (TPSA) is 87.7 Å². The lowest BCUT2D eigenvalue weighted by molar-refractivity contribution is -0.151. The molecule has 1 fully saturated rings. The summed E-state index contributed by atoms with van der Waals surface area (Å²) in [4.78, 5) is 38.6. The van der Waals surface area contributed by atoms with E-state index in [0.717, 1.165) is 36.1 Å². The molecule has 1 heterocycles. The van der Waals surface area contributed by atoms with Gasteiger partial charge in [-0.2, -0.15) is 0 Å². The zero-order valence-corrected chi connectivity index (χ0v) is 17.0. The van der Waals surface area contributed by atoms with E-state index in [-0.39, 0.29) is 24.8 Å². The van der Waals surface area contributed by atoms with Crippen LogP contribution in [0.3, 0.4) is 0 Å². The molecule has 28 heavy (non-hydrogen) atoms. The fourth-order valence-electron chi connectivity index (χ4n) is 3.30. The molecule has 154 valence electrons. The number of anilines is 1. The number of esters is 1. The largest absolute Gasteiger partial charge is 0.466 e. The van der Waals surface area contributed by atoms with E-state index >= 15 is 0 Å². The molecule has 0 aliphatic carbocycles. The van der Waals surface area contributed by atoms with E-state index < -0.39 is 12.0 Å². The van der Waals surface area contributed by atoms with Gasteiger partial charge in [0.2, 0.25) is 11.8 Å². The SMILES string of the molecule is CCCCOC(=O)CC1C(=O)NCCN1C(=O)CNc1c(C)cccc1CC. The van der Waals surface area contributed by atoms with Gasteiger partial charge in [-0.3, -0.25) is 14.4 Å². The number of piperazine rings is 1. The summed E-state index contributed by atoms with van der Waals surface area (Å²) in [6.07, 6.45) is 2.44. The highest BCUT2D eigenvalue weighted by Gasteiger charge is 2.35. The molecular weight excluding hydrogens is 358 g/mol. The van der Waals surface area contributed by atoms with E-state index in [4.69, 9.17) is 4.74 Å². The zero-order chi connectivity index (χ0) is 20.5. The summed E-state index contributed by atoms with van der Waals surface area (Å²) in [5.74, 6) is -0.961. The molecule has 1 saturated heterocycles. The first-order valence-corrected chi connectivity index (χ1v) is 10.0. The number of aryl methyl sites for hydroxylation is 2. The Hall–Kier alpha value is -2.57. The first kappa shape index (κ1) is 21.7. The van der Waals surface area contributed by atoms with Crippen molar-refractivity contribution in [2.45, 2.75) is 52.5 Å². The van der Waals surface area contributed by atoms with E-state index in [2.05, 4.69) is 17.6 Å². The molecule has 0 radical (unpaired) electrons. The second-order valence-corrected chi connectivity index (χ2v) is 6.99. The number of unbranched alkanes of at least 4 members (excludes halogenated alkanes) is 1. The van der Waals surface area contributed by atoms with Crippen molar-refractivity contribution < 1.29 is 19.1 Å². The summed E-state index contributed by atoms with van der Waals surface area (Å²) >= 11 is 0. The molecule has 0 saturated carbocycles. The molecule has 7 heteroatoms. The lowest BCUT2D eigenvalue weighted by atomic mass is 10.1. The summed E-state index contributed by atoms with van der Waals surface area (Å²) in [6, 6.07) is 5.20. The first-order chi connectivity index (χ1) is 13.5. The molecule has 1 atom stereocenters. The van der Waals surface area contributed by atoms with Gasteiger partial charge >= 0.3 is 5.97 Å². The van der Waals surface area contributed by atoms with E-state index in [0.29, 0.717) is 19.7 Å². The average Bonchev–Trinajstić information content (AvgIpc) is 2.68. The van der Waals surface area contributed by atoms with Gasteiger partial charge < -0.3 is 20.3 Å². The summed E-state index contributed by atoms with van der Waals surface area (Å²) in [5.41, 5.74) is 3.16. The maximum atomic E-state index is 12.8. The van der Waals surface area contributed by atoms with Gasteiger partial charge in [-0.1, -0.05) is 38.5 Å². The molecule has 7 nitrogen and oxygen atoms in total. The third kappa shape index (κ3) is 5.71. The quantitative estimate of drug-likeness (QED) is 0.498. The molecule has 1 aliphatic rings. The number of carbonyl (C=O) groups excluding carboxylic acids is 3. The Bertz CT molecular complexity index is 705. The fourth-order valence-corrected chi connectivity index (χ4v) is 3.30. The molecule has 2 amide bonds. The van der Waals surface area contributed by atoms with Crippen molar-refractivity contribution in [3.63, 3.8) is 0 Å². The number of benzene rings is 1. The van der Waals surface area contributed by atoms with Crippen molar-refractivity contribution in [2.24, 2.45) is 0 Å². The Morgan fingerprint density at radius 2 is 2.11 bits per heavy atom. The molecule has 1 aromatic carbocycles. The summed E-state index contributed by atoms with van der Waals surface area (Å²) in [6.45, 7) is 7.25. The average molecular weight is 389 g/mol. The minimum atomic E-state index is -0.820. The number of rotatable bonds is 9. The van der Waals surface area contributed by atoms with Gasteiger partial charge in [-0.15, -0.1) is 0 Å². The lowest BCUT2D eigenvalue weighted by Gasteiger charge is -2.34. The Morgan fingerprint density at radius 1 is 1.32 bits per heavy atom. The number of hydrogen-bond donors (Lipinski definition) is 2. The van der Waals surface area contributed by atoms with Crippen LogP contribution in [-0.2, 0) is 25.5 Å². The first-order valence-electron chi connectivity index (χ1n) is 10.0. The summed E-state index contributed by atoms with van der Waals surface area (Å²) in [7, 11) is 0. The van der Waals surface area contributed by atoms with Gasteiger partial charge in [-0.25, -0.2) is 0 Å². The van der Waals surface area contributed by atoms with E-state index in [9.17, 15) is 14.4 Å². The zero-order valence-electron chi connectivity index (χ0n) is 17.0. The number of nitrogens with zero attached hydrogens (tertiary/aromatic N) is 1. The predicted molar refractivity (Wildman–Crippen MR) is 108 cm³/mol. The number of para-hydroxylation sites is 1. The van der Waals surface area contributed by atoms with Crippen LogP contribution in [0.25, 0.3) is 0 Å². The standard InChI is InChI=1S/C21H31N3O4/c1-4-6-12-28-19(26)13-17-21(27)22-10-11-24(17)18(25)14-23-20-15(3)8-7-9-16(20)5-2/h7-9,17,23H,4-6,10-14H2,1-3H3,(H,22,27). The van der Waals surface area contributed by atoms with Gasteiger partial charge in [0.1, 0.15) is 6.04 Å². The van der Waals surface area contributed by atoms with Crippen molar-refractivity contribution in [1.82, 2.24) is 10.2 Å². The number of carbonyl (C=O) groups is 3. The van der Waals surface area contributed by atoms with Crippen LogP contribution in [-0.4, -0.2) is 55.0 Å². The molecule has 2 rings (SSSR count). The minimum Gasteiger partial charge on any atom is -0.466 e. The highest BCUT2D eigenvalue weighted by molar-refractivity contribution is 5.93. The molecule has 1 aromatic rings. The van der Waals surface area contributed by atoms with Crippen molar-refractivity contribution in [3.8, 4) is 0 Å². The second-order valence-electron chi connectivity index (χ2n) is 6.99. The van der Waals surface area contributed by atoms with Gasteiger partial charge in [0.05, 0.1) is 19.6 Å². The number of nitrogens with one attached hydrogen (secondary N) is 2. The van der Waals surface area contributed by atoms with Gasteiger partial charge in [0, 0.05) is 18.8 Å². The second kappa shape index (κ2) is 10.7. The third-order valence-corrected chi connectivity index (χ3v) is 4.93. The molecule has 1 aliphatic heterocycles. The highest BCUT2D eigenvalue weighted by atomic mass is 16.5. The maximum Gasteiger partial charge on any atom is 0.308 e. The van der Waals surface area contributed by atoms with Crippen molar-refractivity contribution >= 4 is 23.5 Å². The van der Waals surface area contributed by atoms with Crippen LogP contribution in [0.1, 0.15) is 44.2 Å². The Morgan fingerprint density at radius 3 is 2.82 bits per heavy atom. The monoisotopic (exact) mass is 389 g/mol. The van der Waals surface area contributed by atoms with E-state index in [1.54, 1.807) is 0 Å². The van der Waals surface area contributed by atoms with Crippen LogP contribution < -0.4 is 10.6 Å². The molecule has 2 N–H and O–H groups in total. The normalized spacial score (nSPS) is 16.5. The van der Waals surface area contributed by atoms with Crippen molar-refractivity contribution in [1.29, 1.82) is 0 Å². The third-order valence-electron chi connectivity index (χ3n) is 4.93. The molecule has 0 bridgehead atoms. The van der Waals surface area contributed by atoms with Crippen LogP contribution in [0.4, 0.5) is 5.69 Å². The van der Waals surface area contributed by atoms with Gasteiger partial charge in [-0.05, 0) is 30.9 Å². The molecule has 0 spiro atoms.